The molecule has 0 atom stereocenters. The Morgan fingerprint density at radius 1 is 1.00 bits per heavy atom. The van der Waals surface area contributed by atoms with Crippen LogP contribution in [0, 0.1) is 6.92 Å². The Bertz CT molecular complexity index is 1090. The molecule has 4 rings (SSSR count). The molecule has 0 saturated carbocycles. The van der Waals surface area contributed by atoms with Crippen molar-refractivity contribution in [2.24, 2.45) is 0 Å². The van der Waals surface area contributed by atoms with Gasteiger partial charge in [-0.1, -0.05) is 42.3 Å². The summed E-state index contributed by atoms with van der Waals surface area (Å²) < 4.78 is 0. The molecule has 3 aromatic rings. The fraction of sp³-hybridized carbons (Fsp3) is 0.143. The van der Waals surface area contributed by atoms with Crippen LogP contribution >= 0.6 is 0 Å². The maximum Gasteiger partial charge on any atom is 0.364 e. The van der Waals surface area contributed by atoms with Gasteiger partial charge in [-0.15, -0.1) is 0 Å². The van der Waals surface area contributed by atoms with Gasteiger partial charge in [-0.3, -0.25) is 14.6 Å². The zero-order valence-corrected chi connectivity index (χ0v) is 14.9. The van der Waals surface area contributed by atoms with Crippen LogP contribution in [0.25, 0.3) is 10.9 Å². The van der Waals surface area contributed by atoms with Crippen LogP contribution in [0.4, 0.5) is 0 Å². The van der Waals surface area contributed by atoms with E-state index >= 15 is 0 Å². The lowest BCUT2D eigenvalue weighted by Crippen LogP contribution is -2.33. The molecule has 0 unspecified atom stereocenters. The van der Waals surface area contributed by atoms with E-state index in [-0.39, 0.29) is 11.1 Å². The number of aromatic nitrogens is 1. The van der Waals surface area contributed by atoms with Crippen molar-refractivity contribution in [1.82, 2.24) is 10.0 Å². The number of pyridine rings is 1. The number of amides is 2. The molecule has 0 spiro atoms. The molecule has 0 fully saturated rings. The van der Waals surface area contributed by atoms with E-state index in [2.05, 4.69) is 4.98 Å². The number of nitrogens with zero attached hydrogens (tertiary/aromatic N) is 2. The molecule has 6 nitrogen and oxygen atoms in total. The molecular formula is C21H16N2O4. The van der Waals surface area contributed by atoms with Crippen LogP contribution < -0.4 is 0 Å². The topological polar surface area (TPSA) is 76.6 Å². The lowest BCUT2D eigenvalue weighted by molar-refractivity contribution is -0.0583. The molecule has 0 saturated heterocycles. The highest BCUT2D eigenvalue weighted by Gasteiger charge is 2.39. The molecule has 134 valence electrons. The Kier molecular flexibility index (Phi) is 3.96. The van der Waals surface area contributed by atoms with Crippen LogP contribution in [-0.2, 0) is 11.3 Å². The molecular weight excluding hydrogens is 344 g/mol. The summed E-state index contributed by atoms with van der Waals surface area (Å²) in [5.41, 5.74) is 2.87. The summed E-state index contributed by atoms with van der Waals surface area (Å²) in [5.74, 6) is -2.04. The van der Waals surface area contributed by atoms with Crippen molar-refractivity contribution in [2.75, 3.05) is 0 Å². The normalized spacial score (nSPS) is 13.2. The van der Waals surface area contributed by atoms with Gasteiger partial charge in [0.15, 0.2) is 0 Å². The highest BCUT2D eigenvalue weighted by molar-refractivity contribution is 6.21. The number of fused-ring (bicyclic) bond motifs is 2. The van der Waals surface area contributed by atoms with Crippen LogP contribution in [0.5, 0.6) is 0 Å². The lowest BCUT2D eigenvalue weighted by atomic mass is 10.0. The lowest BCUT2D eigenvalue weighted by Gasteiger charge is -2.16. The third kappa shape index (κ3) is 2.57. The summed E-state index contributed by atoms with van der Waals surface area (Å²) in [6, 6.07) is 13.6. The van der Waals surface area contributed by atoms with Gasteiger partial charge in [0.05, 0.1) is 22.2 Å². The van der Waals surface area contributed by atoms with Crippen molar-refractivity contribution >= 4 is 28.7 Å². The third-order valence-electron chi connectivity index (χ3n) is 4.71. The van der Waals surface area contributed by atoms with Gasteiger partial charge in [0, 0.05) is 11.1 Å². The van der Waals surface area contributed by atoms with Gasteiger partial charge in [0.1, 0.15) is 0 Å². The van der Waals surface area contributed by atoms with E-state index in [9.17, 15) is 14.4 Å². The highest BCUT2D eigenvalue weighted by atomic mass is 16.7. The van der Waals surface area contributed by atoms with Gasteiger partial charge in [-0.2, -0.15) is 0 Å². The van der Waals surface area contributed by atoms with Crippen molar-refractivity contribution < 1.29 is 19.2 Å². The van der Waals surface area contributed by atoms with Gasteiger partial charge in [0.2, 0.25) is 0 Å². The number of imide groups is 1. The van der Waals surface area contributed by atoms with Crippen LogP contribution in [0.2, 0.25) is 0 Å². The summed E-state index contributed by atoms with van der Waals surface area (Å²) in [6.45, 7) is 3.74. The van der Waals surface area contributed by atoms with E-state index < -0.39 is 17.8 Å². The molecule has 2 heterocycles. The van der Waals surface area contributed by atoms with E-state index in [0.717, 1.165) is 5.69 Å². The number of hydrogen-bond donors (Lipinski definition) is 0. The molecule has 0 N–H and O–H groups in total. The Morgan fingerprint density at radius 2 is 1.59 bits per heavy atom. The average molecular weight is 360 g/mol. The molecule has 0 aliphatic carbocycles. The third-order valence-corrected chi connectivity index (χ3v) is 4.71. The monoisotopic (exact) mass is 360 g/mol. The quantitative estimate of drug-likeness (QED) is 0.669. The van der Waals surface area contributed by atoms with Crippen molar-refractivity contribution in [3.8, 4) is 0 Å². The first-order chi connectivity index (χ1) is 13.0. The predicted octanol–water partition coefficient (Wildman–Crippen LogP) is 3.47. The van der Waals surface area contributed by atoms with E-state index in [1.165, 1.54) is 12.1 Å². The van der Waals surface area contributed by atoms with Crippen LogP contribution in [0.3, 0.4) is 0 Å². The summed E-state index contributed by atoms with van der Waals surface area (Å²) in [5, 5.41) is 1.15. The second-order valence-electron chi connectivity index (χ2n) is 6.26. The van der Waals surface area contributed by atoms with Crippen molar-refractivity contribution in [2.45, 2.75) is 20.3 Å². The number of rotatable bonds is 3. The zero-order valence-electron chi connectivity index (χ0n) is 14.9. The number of carbonyl (C=O) groups excluding carboxylic acids is 3. The van der Waals surface area contributed by atoms with Crippen molar-refractivity contribution in [3.63, 3.8) is 0 Å². The minimum Gasteiger partial charge on any atom is -0.324 e. The fourth-order valence-electron chi connectivity index (χ4n) is 3.34. The summed E-state index contributed by atoms with van der Waals surface area (Å²) in [4.78, 5) is 47.7. The maximum absolute atomic E-state index is 12.9. The Labute approximate surface area is 155 Å². The smallest absolute Gasteiger partial charge is 0.324 e. The van der Waals surface area contributed by atoms with Gasteiger partial charge in [0.25, 0.3) is 11.8 Å². The molecule has 6 heteroatoms. The van der Waals surface area contributed by atoms with E-state index in [0.29, 0.717) is 33.5 Å². The van der Waals surface area contributed by atoms with Crippen LogP contribution in [0.15, 0.2) is 48.5 Å². The van der Waals surface area contributed by atoms with Gasteiger partial charge in [-0.05, 0) is 37.1 Å². The minimum atomic E-state index is -0.754. The minimum absolute atomic E-state index is 0.223. The fourth-order valence-corrected chi connectivity index (χ4v) is 3.34. The molecule has 2 amide bonds. The van der Waals surface area contributed by atoms with Crippen molar-refractivity contribution in [3.05, 3.63) is 76.5 Å². The largest absolute Gasteiger partial charge is 0.364 e. The molecule has 27 heavy (non-hydrogen) atoms. The standard InChI is InChI=1S/C21H16N2O4/c1-3-16-12(2)18(15-10-6-7-11-17(15)22-16)21(26)27-23-19(24)13-8-4-5-9-14(13)20(23)25/h4-11H,3H2,1-2H3. The number of hydroxylamine groups is 2. The number of aryl methyl sites for hydroxylation is 1. The molecule has 0 radical (unpaired) electrons. The first kappa shape index (κ1) is 16.9. The van der Waals surface area contributed by atoms with E-state index in [1.54, 1.807) is 31.2 Å². The second-order valence-corrected chi connectivity index (χ2v) is 6.26. The molecule has 0 bridgehead atoms. The average Bonchev–Trinajstić information content (AvgIpc) is 2.92. The van der Waals surface area contributed by atoms with Crippen LogP contribution in [-0.4, -0.2) is 27.8 Å². The number of para-hydroxylation sites is 1. The predicted molar refractivity (Wildman–Crippen MR) is 98.2 cm³/mol. The van der Waals surface area contributed by atoms with Crippen molar-refractivity contribution in [1.29, 1.82) is 0 Å². The number of benzene rings is 2. The molecule has 1 aliphatic rings. The Hall–Kier alpha value is -3.54. The van der Waals surface area contributed by atoms with Gasteiger partial charge in [-0.25, -0.2) is 4.79 Å². The summed E-state index contributed by atoms with van der Waals surface area (Å²) in [7, 11) is 0. The van der Waals surface area contributed by atoms with E-state index in [1.807, 2.05) is 19.1 Å². The molecule has 1 aliphatic heterocycles. The van der Waals surface area contributed by atoms with Gasteiger partial charge >= 0.3 is 5.97 Å². The number of carbonyl (C=O) groups is 3. The Morgan fingerprint density at radius 3 is 2.22 bits per heavy atom. The summed E-state index contributed by atoms with van der Waals surface area (Å²) in [6.07, 6.45) is 0.643. The maximum atomic E-state index is 12.9. The second kappa shape index (κ2) is 6.32. The first-order valence-electron chi connectivity index (χ1n) is 8.61. The SMILES string of the molecule is CCc1nc2ccccc2c(C(=O)ON2C(=O)c3ccccc3C2=O)c1C. The Balaban J connectivity index is 1.76. The number of hydrogen-bond acceptors (Lipinski definition) is 5. The molecule has 1 aromatic heterocycles. The zero-order chi connectivity index (χ0) is 19.1. The molecule has 2 aromatic carbocycles. The highest BCUT2D eigenvalue weighted by Crippen LogP contribution is 2.27. The van der Waals surface area contributed by atoms with Crippen LogP contribution in [0.1, 0.15) is 49.3 Å². The van der Waals surface area contributed by atoms with Gasteiger partial charge < -0.3 is 4.84 Å². The summed E-state index contributed by atoms with van der Waals surface area (Å²) >= 11 is 0. The first-order valence-corrected chi connectivity index (χ1v) is 8.61. The van der Waals surface area contributed by atoms with E-state index in [4.69, 9.17) is 4.84 Å².